The zero-order valence-electron chi connectivity index (χ0n) is 27.1. The molecule has 1 aliphatic carbocycles. The van der Waals surface area contributed by atoms with Crippen molar-refractivity contribution in [3.63, 3.8) is 0 Å². The van der Waals surface area contributed by atoms with Crippen molar-refractivity contribution in [1.82, 2.24) is 9.38 Å². The average molecular weight is 642 g/mol. The van der Waals surface area contributed by atoms with Crippen LogP contribution in [0.15, 0.2) is 192 Å². The molecule has 0 N–H and O–H groups in total. The molecule has 2 heterocycles. The van der Waals surface area contributed by atoms with E-state index in [1.807, 2.05) is 12.1 Å². The Kier molecular flexibility index (Phi) is 6.36. The van der Waals surface area contributed by atoms with E-state index in [1.165, 1.54) is 33.4 Å². The minimum Gasteiger partial charge on any atom is -0.423 e. The van der Waals surface area contributed by atoms with Crippen LogP contribution in [0.4, 0.5) is 17.2 Å². The first-order valence-corrected chi connectivity index (χ1v) is 17.0. The molecule has 0 fully saturated rings. The van der Waals surface area contributed by atoms with Crippen molar-refractivity contribution < 1.29 is 4.42 Å². The fraction of sp³-hybridized carbons (Fsp3) is 0.0217. The van der Waals surface area contributed by atoms with Gasteiger partial charge in [-0.3, -0.25) is 4.90 Å². The maximum Gasteiger partial charge on any atom is 0.309 e. The summed E-state index contributed by atoms with van der Waals surface area (Å²) in [4.78, 5) is 7.61. The van der Waals surface area contributed by atoms with E-state index in [2.05, 4.69) is 185 Å². The highest BCUT2D eigenvalue weighted by atomic mass is 16.4. The fourth-order valence-electron chi connectivity index (χ4n) is 8.04. The Balaban J connectivity index is 1.30. The molecule has 0 spiro atoms. The minimum atomic E-state index is -0.519. The average Bonchev–Trinajstić information content (AvgIpc) is 3.83. The van der Waals surface area contributed by atoms with Gasteiger partial charge in [0, 0.05) is 16.9 Å². The summed E-state index contributed by atoms with van der Waals surface area (Å²) in [5.74, 6) is 1.47. The van der Waals surface area contributed by atoms with Crippen molar-refractivity contribution in [1.29, 1.82) is 0 Å². The van der Waals surface area contributed by atoms with E-state index < -0.39 is 5.41 Å². The summed E-state index contributed by atoms with van der Waals surface area (Å²) in [7, 11) is 0. The number of hydrogen-bond donors (Lipinski definition) is 0. The number of rotatable bonds is 6. The van der Waals surface area contributed by atoms with E-state index in [9.17, 15) is 0 Å². The minimum absolute atomic E-state index is 0.519. The lowest BCUT2D eigenvalue weighted by Gasteiger charge is -2.34. The summed E-state index contributed by atoms with van der Waals surface area (Å²) in [5.41, 5.74) is 12.6. The molecule has 1 aliphatic rings. The predicted molar refractivity (Wildman–Crippen MR) is 202 cm³/mol. The first kappa shape index (κ1) is 28.4. The SMILES string of the molecule is c1ccc(N(c2ccccc2)c2c(-c3ccc4c(c3)C(c3ccccc3)(c3ccccc3)c3ccccc3-4)nc3oc4ccccc4n23)cc1. The third-order valence-electron chi connectivity index (χ3n) is 10.1. The Labute approximate surface area is 290 Å². The van der Waals surface area contributed by atoms with Gasteiger partial charge in [0.15, 0.2) is 11.4 Å². The van der Waals surface area contributed by atoms with Gasteiger partial charge in [-0.05, 0) is 75.8 Å². The van der Waals surface area contributed by atoms with Crippen LogP contribution < -0.4 is 4.90 Å². The standard InChI is InChI=1S/C46H31N3O/c1-5-17-33(18-6-1)46(34-19-7-2-8-20-34)39-26-14-13-25-37(39)38-30-29-32(31-40(38)46)43-44(49-41-27-15-16-28-42(41)50-45(49)47-43)48(35-21-9-3-10-22-35)36-23-11-4-12-24-36/h1-31H. The smallest absolute Gasteiger partial charge is 0.309 e. The zero-order chi connectivity index (χ0) is 33.1. The number of aromatic nitrogens is 2. The molecule has 0 aliphatic heterocycles. The zero-order valence-corrected chi connectivity index (χ0v) is 27.1. The van der Waals surface area contributed by atoms with Crippen LogP contribution in [0.5, 0.6) is 0 Å². The molecule has 0 atom stereocenters. The molecule has 10 rings (SSSR count). The number of para-hydroxylation sites is 4. The van der Waals surface area contributed by atoms with Crippen LogP contribution in [0.3, 0.4) is 0 Å². The molecule has 0 saturated heterocycles. The summed E-state index contributed by atoms with van der Waals surface area (Å²) in [6, 6.07) is 66.8. The monoisotopic (exact) mass is 641 g/mol. The van der Waals surface area contributed by atoms with Gasteiger partial charge in [-0.15, -0.1) is 0 Å². The Hall–Kier alpha value is -6.65. The summed E-state index contributed by atoms with van der Waals surface area (Å²) in [6.07, 6.45) is 0. The van der Waals surface area contributed by atoms with Gasteiger partial charge in [0.25, 0.3) is 0 Å². The van der Waals surface area contributed by atoms with Gasteiger partial charge in [-0.2, -0.15) is 4.98 Å². The van der Waals surface area contributed by atoms with Crippen LogP contribution in [0.2, 0.25) is 0 Å². The van der Waals surface area contributed by atoms with Crippen molar-refractivity contribution in [2.24, 2.45) is 0 Å². The van der Waals surface area contributed by atoms with Gasteiger partial charge in [0.1, 0.15) is 5.69 Å². The van der Waals surface area contributed by atoms with Gasteiger partial charge < -0.3 is 4.42 Å². The number of hydrogen-bond acceptors (Lipinski definition) is 3. The Bertz CT molecular complexity index is 2560. The number of nitrogens with zero attached hydrogens (tertiary/aromatic N) is 3. The molecule has 0 saturated carbocycles. The second-order valence-corrected chi connectivity index (χ2v) is 12.8. The highest BCUT2D eigenvalue weighted by Gasteiger charge is 2.46. The normalized spacial score (nSPS) is 13.0. The van der Waals surface area contributed by atoms with Gasteiger partial charge in [0.2, 0.25) is 0 Å². The lowest BCUT2D eigenvalue weighted by Crippen LogP contribution is -2.28. The van der Waals surface area contributed by atoms with Gasteiger partial charge in [0.05, 0.1) is 10.9 Å². The molecule has 0 amide bonds. The molecule has 236 valence electrons. The first-order valence-electron chi connectivity index (χ1n) is 17.0. The summed E-state index contributed by atoms with van der Waals surface area (Å²) < 4.78 is 8.63. The van der Waals surface area contributed by atoms with Crippen molar-refractivity contribution in [3.8, 4) is 22.4 Å². The number of benzene rings is 7. The molecule has 7 aromatic carbocycles. The maximum atomic E-state index is 6.47. The van der Waals surface area contributed by atoms with E-state index in [0.29, 0.717) is 5.84 Å². The first-order chi connectivity index (χ1) is 24.8. The highest BCUT2D eigenvalue weighted by Crippen LogP contribution is 2.57. The second-order valence-electron chi connectivity index (χ2n) is 12.8. The van der Waals surface area contributed by atoms with Gasteiger partial charge in [-0.25, -0.2) is 4.40 Å². The van der Waals surface area contributed by atoms with E-state index >= 15 is 0 Å². The predicted octanol–water partition coefficient (Wildman–Crippen LogP) is 11.6. The van der Waals surface area contributed by atoms with Crippen molar-refractivity contribution in [2.75, 3.05) is 4.90 Å². The van der Waals surface area contributed by atoms with Crippen LogP contribution in [-0.4, -0.2) is 9.38 Å². The van der Waals surface area contributed by atoms with Gasteiger partial charge in [-0.1, -0.05) is 146 Å². The molecule has 4 heteroatoms. The quantitative estimate of drug-likeness (QED) is 0.181. The molecule has 0 bridgehead atoms. The third-order valence-corrected chi connectivity index (χ3v) is 10.1. The lowest BCUT2D eigenvalue weighted by molar-refractivity contribution is 0.642. The second kappa shape index (κ2) is 11.2. The lowest BCUT2D eigenvalue weighted by atomic mass is 9.67. The van der Waals surface area contributed by atoms with E-state index in [1.54, 1.807) is 0 Å². The number of anilines is 3. The number of oxazole rings is 1. The van der Waals surface area contributed by atoms with Crippen LogP contribution in [0.1, 0.15) is 22.3 Å². The van der Waals surface area contributed by atoms with Crippen LogP contribution >= 0.6 is 0 Å². The molecule has 50 heavy (non-hydrogen) atoms. The Morgan fingerprint density at radius 3 is 1.70 bits per heavy atom. The van der Waals surface area contributed by atoms with E-state index in [4.69, 9.17) is 9.40 Å². The molecule has 2 aromatic heterocycles. The third kappa shape index (κ3) is 4.09. The van der Waals surface area contributed by atoms with Crippen molar-refractivity contribution in [3.05, 3.63) is 210 Å². The number of fused-ring (bicyclic) bond motifs is 6. The van der Waals surface area contributed by atoms with Crippen LogP contribution in [-0.2, 0) is 5.41 Å². The van der Waals surface area contributed by atoms with Gasteiger partial charge >= 0.3 is 5.84 Å². The van der Waals surface area contributed by atoms with E-state index in [-0.39, 0.29) is 0 Å². The summed E-state index contributed by atoms with van der Waals surface area (Å²) in [6.45, 7) is 0. The fourth-order valence-corrected chi connectivity index (χ4v) is 8.04. The topological polar surface area (TPSA) is 33.7 Å². The van der Waals surface area contributed by atoms with Crippen LogP contribution in [0.25, 0.3) is 39.3 Å². The van der Waals surface area contributed by atoms with Crippen molar-refractivity contribution in [2.45, 2.75) is 5.41 Å². The molecular formula is C46H31N3O. The van der Waals surface area contributed by atoms with Crippen molar-refractivity contribution >= 4 is 34.1 Å². The number of imidazole rings is 1. The molecule has 4 nitrogen and oxygen atoms in total. The van der Waals surface area contributed by atoms with E-state index in [0.717, 1.165) is 39.5 Å². The Morgan fingerprint density at radius 2 is 1.04 bits per heavy atom. The summed E-state index contributed by atoms with van der Waals surface area (Å²) in [5, 5.41) is 0. The molecular weight excluding hydrogens is 611 g/mol. The van der Waals surface area contributed by atoms with Crippen LogP contribution in [0, 0.1) is 0 Å². The molecule has 0 unspecified atom stereocenters. The highest BCUT2D eigenvalue weighted by molar-refractivity contribution is 5.93. The molecule has 0 radical (unpaired) electrons. The summed E-state index contributed by atoms with van der Waals surface area (Å²) >= 11 is 0. The Morgan fingerprint density at radius 1 is 0.500 bits per heavy atom. The largest absolute Gasteiger partial charge is 0.423 e. The maximum absolute atomic E-state index is 6.47. The molecule has 9 aromatic rings.